The van der Waals surface area contributed by atoms with Gasteiger partial charge in [0.15, 0.2) is 0 Å². The minimum absolute atomic E-state index is 0.319. The first-order valence-electron chi connectivity index (χ1n) is 7.81. The summed E-state index contributed by atoms with van der Waals surface area (Å²) in [4.78, 5) is 4.55. The molecule has 0 aliphatic heterocycles. The second-order valence-corrected chi connectivity index (χ2v) is 5.81. The maximum absolute atomic E-state index is 10.2. The number of hydrogen-bond donors (Lipinski definition) is 1. The number of ether oxygens (including phenoxy) is 1. The van der Waals surface area contributed by atoms with E-state index in [0.29, 0.717) is 18.4 Å². The lowest BCUT2D eigenvalue weighted by Crippen LogP contribution is -2.39. The Kier molecular flexibility index (Phi) is 7.54. The van der Waals surface area contributed by atoms with E-state index in [9.17, 15) is 5.11 Å². The maximum atomic E-state index is 10.2. The lowest BCUT2D eigenvalue weighted by molar-refractivity contribution is 0.173. The van der Waals surface area contributed by atoms with E-state index in [0.717, 1.165) is 37.4 Å². The molecule has 0 spiro atoms. The molecule has 0 saturated carbocycles. The normalized spacial score (nSPS) is 12.9. The van der Waals surface area contributed by atoms with E-state index >= 15 is 0 Å². The highest BCUT2D eigenvalue weighted by molar-refractivity contribution is 5.39. The zero-order valence-corrected chi connectivity index (χ0v) is 14.1. The first kappa shape index (κ1) is 17.8. The van der Waals surface area contributed by atoms with Gasteiger partial charge in [-0.2, -0.15) is 0 Å². The SMILES string of the molecule is CCCOc1ccc(CN(CC)C(C)CN(C)C)c(O)c1. The molecular weight excluding hydrogens is 264 g/mol. The monoisotopic (exact) mass is 294 g/mol. The fourth-order valence-corrected chi connectivity index (χ4v) is 2.43. The second kappa shape index (κ2) is 8.90. The van der Waals surface area contributed by atoms with E-state index in [4.69, 9.17) is 4.74 Å². The van der Waals surface area contributed by atoms with E-state index in [1.165, 1.54) is 0 Å². The predicted octanol–water partition coefficient (Wildman–Crippen LogP) is 2.95. The zero-order chi connectivity index (χ0) is 15.8. The molecule has 1 aromatic carbocycles. The van der Waals surface area contributed by atoms with Crippen LogP contribution in [0.4, 0.5) is 0 Å². The van der Waals surface area contributed by atoms with E-state index in [1.807, 2.05) is 12.1 Å². The van der Waals surface area contributed by atoms with Crippen LogP contribution in [-0.4, -0.2) is 54.7 Å². The molecule has 0 radical (unpaired) electrons. The second-order valence-electron chi connectivity index (χ2n) is 5.81. The molecule has 4 heteroatoms. The molecule has 1 atom stereocenters. The molecule has 0 bridgehead atoms. The van der Waals surface area contributed by atoms with Crippen LogP contribution in [0, 0.1) is 0 Å². The van der Waals surface area contributed by atoms with Crippen LogP contribution in [0.1, 0.15) is 32.8 Å². The van der Waals surface area contributed by atoms with Gasteiger partial charge in [-0.05, 0) is 40.1 Å². The van der Waals surface area contributed by atoms with Gasteiger partial charge in [0.05, 0.1) is 6.61 Å². The van der Waals surface area contributed by atoms with E-state index in [-0.39, 0.29) is 0 Å². The standard InChI is InChI=1S/C17H30N2O2/c1-6-10-21-16-9-8-15(17(20)11-16)13-19(7-2)14(3)12-18(4)5/h8-9,11,14,20H,6-7,10,12-13H2,1-5H3. The summed E-state index contributed by atoms with van der Waals surface area (Å²) < 4.78 is 5.54. The van der Waals surface area contributed by atoms with E-state index < -0.39 is 0 Å². The minimum atomic E-state index is 0.319. The number of aromatic hydroxyl groups is 1. The fraction of sp³-hybridized carbons (Fsp3) is 0.647. The van der Waals surface area contributed by atoms with Crippen LogP contribution >= 0.6 is 0 Å². The average molecular weight is 294 g/mol. The summed E-state index contributed by atoms with van der Waals surface area (Å²) in [5.74, 6) is 1.06. The smallest absolute Gasteiger partial charge is 0.123 e. The number of rotatable bonds is 9. The first-order chi connectivity index (χ1) is 9.97. The van der Waals surface area contributed by atoms with Crippen LogP contribution in [0.2, 0.25) is 0 Å². The lowest BCUT2D eigenvalue weighted by atomic mass is 10.1. The lowest BCUT2D eigenvalue weighted by Gasteiger charge is -2.30. The molecule has 0 aliphatic rings. The number of phenolic OH excluding ortho intramolecular Hbond substituents is 1. The quantitative estimate of drug-likeness (QED) is 0.759. The molecular formula is C17H30N2O2. The topological polar surface area (TPSA) is 35.9 Å². The Labute approximate surface area is 129 Å². The highest BCUT2D eigenvalue weighted by atomic mass is 16.5. The zero-order valence-electron chi connectivity index (χ0n) is 14.1. The summed E-state index contributed by atoms with van der Waals surface area (Å²) in [5.41, 5.74) is 0.950. The predicted molar refractivity (Wildman–Crippen MR) is 88.0 cm³/mol. The molecule has 1 aromatic rings. The van der Waals surface area contributed by atoms with Crippen molar-refractivity contribution in [2.24, 2.45) is 0 Å². The van der Waals surface area contributed by atoms with Crippen LogP contribution in [0.3, 0.4) is 0 Å². The number of benzene rings is 1. The molecule has 0 heterocycles. The van der Waals surface area contributed by atoms with Crippen molar-refractivity contribution < 1.29 is 9.84 Å². The molecule has 120 valence electrons. The van der Waals surface area contributed by atoms with Crippen LogP contribution in [0.5, 0.6) is 11.5 Å². The summed E-state index contributed by atoms with van der Waals surface area (Å²) in [7, 11) is 4.17. The Morgan fingerprint density at radius 2 is 1.95 bits per heavy atom. The van der Waals surface area contributed by atoms with Crippen molar-refractivity contribution in [1.29, 1.82) is 0 Å². The summed E-state index contributed by atoms with van der Waals surface area (Å²) in [6.07, 6.45) is 0.966. The van der Waals surface area contributed by atoms with Gasteiger partial charge in [0, 0.05) is 30.8 Å². The van der Waals surface area contributed by atoms with Gasteiger partial charge in [-0.3, -0.25) is 4.90 Å². The molecule has 0 saturated heterocycles. The van der Waals surface area contributed by atoms with Crippen molar-refractivity contribution in [3.63, 3.8) is 0 Å². The number of phenols is 1. The fourth-order valence-electron chi connectivity index (χ4n) is 2.43. The number of nitrogens with zero attached hydrogens (tertiary/aromatic N) is 2. The molecule has 0 aliphatic carbocycles. The van der Waals surface area contributed by atoms with Crippen LogP contribution in [0.25, 0.3) is 0 Å². The van der Waals surface area contributed by atoms with Crippen molar-refractivity contribution in [3.05, 3.63) is 23.8 Å². The number of hydrogen-bond acceptors (Lipinski definition) is 4. The van der Waals surface area contributed by atoms with Crippen molar-refractivity contribution >= 4 is 0 Å². The van der Waals surface area contributed by atoms with Gasteiger partial charge in [-0.15, -0.1) is 0 Å². The minimum Gasteiger partial charge on any atom is -0.507 e. The van der Waals surface area contributed by atoms with Gasteiger partial charge in [-0.25, -0.2) is 0 Å². The Hall–Kier alpha value is -1.26. The highest BCUT2D eigenvalue weighted by Gasteiger charge is 2.15. The van der Waals surface area contributed by atoms with Gasteiger partial charge in [0.2, 0.25) is 0 Å². The molecule has 1 rings (SSSR count). The maximum Gasteiger partial charge on any atom is 0.123 e. The summed E-state index contributed by atoms with van der Waals surface area (Å²) in [6.45, 7) is 9.85. The van der Waals surface area contributed by atoms with E-state index in [2.05, 4.69) is 44.7 Å². The van der Waals surface area contributed by atoms with Gasteiger partial charge < -0.3 is 14.7 Å². The third kappa shape index (κ3) is 5.94. The van der Waals surface area contributed by atoms with Crippen molar-refractivity contribution in [1.82, 2.24) is 9.80 Å². The summed E-state index contributed by atoms with van der Waals surface area (Å²) >= 11 is 0. The molecule has 0 aromatic heterocycles. The largest absolute Gasteiger partial charge is 0.507 e. The van der Waals surface area contributed by atoms with Gasteiger partial charge in [0.25, 0.3) is 0 Å². The third-order valence-corrected chi connectivity index (χ3v) is 3.56. The van der Waals surface area contributed by atoms with Crippen molar-refractivity contribution in [2.45, 2.75) is 39.8 Å². The van der Waals surface area contributed by atoms with E-state index in [1.54, 1.807) is 6.07 Å². The Morgan fingerprint density at radius 1 is 1.24 bits per heavy atom. The highest BCUT2D eigenvalue weighted by Crippen LogP contribution is 2.25. The molecule has 1 N–H and O–H groups in total. The van der Waals surface area contributed by atoms with Crippen LogP contribution in [0.15, 0.2) is 18.2 Å². The molecule has 0 amide bonds. The molecule has 1 unspecified atom stereocenters. The molecule has 4 nitrogen and oxygen atoms in total. The van der Waals surface area contributed by atoms with Gasteiger partial charge in [0.1, 0.15) is 11.5 Å². The van der Waals surface area contributed by atoms with Gasteiger partial charge in [-0.1, -0.05) is 19.9 Å². The van der Waals surface area contributed by atoms with Crippen LogP contribution in [-0.2, 0) is 6.54 Å². The Morgan fingerprint density at radius 3 is 2.48 bits per heavy atom. The summed E-state index contributed by atoms with van der Waals surface area (Å²) in [5, 5.41) is 10.2. The Balaban J connectivity index is 2.71. The van der Waals surface area contributed by atoms with Crippen molar-refractivity contribution in [3.8, 4) is 11.5 Å². The molecule has 0 fully saturated rings. The Bertz CT molecular complexity index is 421. The molecule has 21 heavy (non-hydrogen) atoms. The van der Waals surface area contributed by atoms with Gasteiger partial charge >= 0.3 is 0 Å². The number of likely N-dealkylation sites (N-methyl/N-ethyl adjacent to an activating group) is 2. The average Bonchev–Trinajstić information content (AvgIpc) is 2.43. The van der Waals surface area contributed by atoms with Crippen molar-refractivity contribution in [2.75, 3.05) is 33.8 Å². The summed E-state index contributed by atoms with van der Waals surface area (Å²) in [6, 6.07) is 6.07. The first-order valence-corrected chi connectivity index (χ1v) is 7.81. The third-order valence-electron chi connectivity index (χ3n) is 3.56. The van der Waals surface area contributed by atoms with Crippen LogP contribution < -0.4 is 4.74 Å².